The molecule has 13 heteroatoms. The average Bonchev–Trinajstić information content (AvgIpc) is 3.49. The number of pyridine rings is 1. The van der Waals surface area contributed by atoms with Crippen LogP contribution in [0.15, 0.2) is 48.8 Å². The normalized spacial score (nSPS) is 12.2. The summed E-state index contributed by atoms with van der Waals surface area (Å²) in [4.78, 5) is 4.44. The lowest BCUT2D eigenvalue weighted by Crippen LogP contribution is -2.25. The number of methoxy groups -OCH3 is 3. The van der Waals surface area contributed by atoms with Gasteiger partial charge in [-0.2, -0.15) is 5.10 Å². The molecule has 0 unspecified atom stereocenters. The Morgan fingerprint density at radius 2 is 1.69 bits per heavy atom. The molecule has 3 aromatic heterocycles. The van der Waals surface area contributed by atoms with Gasteiger partial charge >= 0.3 is 0 Å². The summed E-state index contributed by atoms with van der Waals surface area (Å²) in [5, 5.41) is 12.6. The number of anilines is 1. The van der Waals surface area contributed by atoms with E-state index >= 15 is 0 Å². The first kappa shape index (κ1) is 25.0. The van der Waals surface area contributed by atoms with Gasteiger partial charge in [-0.3, -0.25) is 14.0 Å². The Labute approximate surface area is 208 Å². The molecule has 0 aliphatic heterocycles. The van der Waals surface area contributed by atoms with E-state index in [0.29, 0.717) is 28.8 Å². The van der Waals surface area contributed by atoms with E-state index in [1.54, 1.807) is 60.4 Å². The van der Waals surface area contributed by atoms with Crippen molar-refractivity contribution >= 4 is 16.0 Å². The van der Waals surface area contributed by atoms with Crippen LogP contribution in [0, 0.1) is 6.92 Å². The highest BCUT2D eigenvalue weighted by atomic mass is 32.2. The van der Waals surface area contributed by atoms with Gasteiger partial charge in [-0.1, -0.05) is 12.1 Å². The molecule has 12 nitrogen and oxygen atoms in total. The van der Waals surface area contributed by atoms with Gasteiger partial charge in [0.15, 0.2) is 5.82 Å². The summed E-state index contributed by atoms with van der Waals surface area (Å²) in [7, 11) is 0.624. The fraction of sp³-hybridized carbons (Fsp3) is 0.304. The number of rotatable bonds is 10. The van der Waals surface area contributed by atoms with Crippen molar-refractivity contribution in [2.45, 2.75) is 19.9 Å². The Morgan fingerprint density at radius 1 is 1.00 bits per heavy atom. The summed E-state index contributed by atoms with van der Waals surface area (Å²) in [6.07, 6.45) is 3.46. The quantitative estimate of drug-likeness (QED) is 0.339. The zero-order valence-electron chi connectivity index (χ0n) is 20.5. The van der Waals surface area contributed by atoms with Crippen LogP contribution in [0.3, 0.4) is 0 Å². The number of sulfonamides is 1. The SMILES string of the molecule is COc1cccc(-c2nnc(NS(=O)(=O)C[C@H](C)n3cc(C)cn3)n2-c2c(OC)cccc2OC)n1. The largest absolute Gasteiger partial charge is 0.494 e. The second kappa shape index (κ2) is 10.2. The minimum atomic E-state index is -3.88. The predicted octanol–water partition coefficient (Wildman–Crippen LogP) is 2.86. The molecule has 4 rings (SSSR count). The van der Waals surface area contributed by atoms with Crippen LogP contribution in [-0.2, 0) is 10.0 Å². The van der Waals surface area contributed by atoms with Gasteiger partial charge in [0, 0.05) is 12.3 Å². The zero-order valence-corrected chi connectivity index (χ0v) is 21.4. The highest BCUT2D eigenvalue weighted by Gasteiger charge is 2.27. The van der Waals surface area contributed by atoms with Crippen LogP contribution in [0.1, 0.15) is 18.5 Å². The Hall–Kier alpha value is -4.13. The van der Waals surface area contributed by atoms with E-state index in [9.17, 15) is 8.42 Å². The summed E-state index contributed by atoms with van der Waals surface area (Å²) < 4.78 is 48.4. The van der Waals surface area contributed by atoms with Gasteiger partial charge in [0.2, 0.25) is 21.9 Å². The number of benzene rings is 1. The van der Waals surface area contributed by atoms with Gasteiger partial charge in [0.25, 0.3) is 0 Å². The molecule has 0 fully saturated rings. The van der Waals surface area contributed by atoms with Gasteiger partial charge in [-0.25, -0.2) is 13.4 Å². The van der Waals surface area contributed by atoms with Crippen molar-refractivity contribution in [3.8, 4) is 34.6 Å². The number of hydrogen-bond donors (Lipinski definition) is 1. The van der Waals surface area contributed by atoms with Gasteiger partial charge in [-0.05, 0) is 37.6 Å². The summed E-state index contributed by atoms with van der Waals surface area (Å²) >= 11 is 0. The molecule has 190 valence electrons. The van der Waals surface area contributed by atoms with E-state index in [4.69, 9.17) is 14.2 Å². The van der Waals surface area contributed by atoms with Gasteiger partial charge in [0.1, 0.15) is 22.9 Å². The van der Waals surface area contributed by atoms with Crippen LogP contribution < -0.4 is 18.9 Å². The molecule has 0 radical (unpaired) electrons. The highest BCUT2D eigenvalue weighted by molar-refractivity contribution is 7.92. The zero-order chi connectivity index (χ0) is 25.9. The van der Waals surface area contributed by atoms with Crippen molar-refractivity contribution < 1.29 is 22.6 Å². The van der Waals surface area contributed by atoms with Crippen molar-refractivity contribution in [2.75, 3.05) is 31.8 Å². The minimum Gasteiger partial charge on any atom is -0.494 e. The molecular formula is C23H27N7O5S. The lowest BCUT2D eigenvalue weighted by molar-refractivity contribution is 0.391. The maximum atomic E-state index is 13.2. The molecule has 36 heavy (non-hydrogen) atoms. The predicted molar refractivity (Wildman–Crippen MR) is 133 cm³/mol. The lowest BCUT2D eigenvalue weighted by Gasteiger charge is -2.18. The average molecular weight is 514 g/mol. The summed E-state index contributed by atoms with van der Waals surface area (Å²) in [5.41, 5.74) is 1.74. The third kappa shape index (κ3) is 5.10. The number of aromatic nitrogens is 6. The van der Waals surface area contributed by atoms with Crippen LogP contribution in [0.5, 0.6) is 17.4 Å². The second-order valence-electron chi connectivity index (χ2n) is 7.99. The second-order valence-corrected chi connectivity index (χ2v) is 9.76. The van der Waals surface area contributed by atoms with Crippen molar-refractivity contribution in [2.24, 2.45) is 0 Å². The standard InChI is InChI=1S/C23H27N7O5S/c1-15-12-24-29(13-15)16(2)14-36(31,32)28-23-27-26-22(17-8-6-11-20(25-17)35-5)30(23)21-18(33-3)9-7-10-19(21)34-4/h6-13,16H,14H2,1-5H3,(H,27,28)/t16-/m0/s1. The van der Waals surface area contributed by atoms with E-state index in [1.165, 1.54) is 25.9 Å². The first-order valence-electron chi connectivity index (χ1n) is 11.0. The molecular weight excluding hydrogens is 486 g/mol. The Morgan fingerprint density at radius 3 is 2.31 bits per heavy atom. The van der Waals surface area contributed by atoms with E-state index in [-0.39, 0.29) is 17.5 Å². The van der Waals surface area contributed by atoms with E-state index in [0.717, 1.165) is 5.56 Å². The maximum Gasteiger partial charge on any atom is 0.243 e. The topological polar surface area (TPSA) is 135 Å². The number of ether oxygens (including phenoxy) is 3. The lowest BCUT2D eigenvalue weighted by atomic mass is 10.2. The highest BCUT2D eigenvalue weighted by Crippen LogP contribution is 2.37. The molecule has 1 N–H and O–H groups in total. The monoisotopic (exact) mass is 513 g/mol. The fourth-order valence-corrected chi connectivity index (χ4v) is 4.96. The Kier molecular flexibility index (Phi) is 7.10. The third-order valence-corrected chi connectivity index (χ3v) is 6.75. The van der Waals surface area contributed by atoms with Crippen LogP contribution >= 0.6 is 0 Å². The maximum absolute atomic E-state index is 13.2. The van der Waals surface area contributed by atoms with Gasteiger partial charge < -0.3 is 14.2 Å². The van der Waals surface area contributed by atoms with Crippen LogP contribution in [0.25, 0.3) is 17.2 Å². The molecule has 1 atom stereocenters. The molecule has 0 saturated carbocycles. The first-order chi connectivity index (χ1) is 17.3. The Bertz CT molecular complexity index is 1440. The number of para-hydroxylation sites is 1. The molecule has 0 aliphatic carbocycles. The van der Waals surface area contributed by atoms with E-state index < -0.39 is 16.1 Å². The molecule has 0 bridgehead atoms. The number of nitrogens with zero attached hydrogens (tertiary/aromatic N) is 6. The third-order valence-electron chi connectivity index (χ3n) is 5.34. The minimum absolute atomic E-state index is 0.0544. The number of aryl methyl sites for hydroxylation is 1. The molecule has 1 aromatic carbocycles. The molecule has 0 aliphatic rings. The molecule has 4 aromatic rings. The summed E-state index contributed by atoms with van der Waals surface area (Å²) in [5.74, 6) is 1.15. The van der Waals surface area contributed by atoms with E-state index in [1.807, 2.05) is 6.92 Å². The fourth-order valence-electron chi connectivity index (χ4n) is 3.68. The number of nitrogens with one attached hydrogen (secondary N) is 1. The van der Waals surface area contributed by atoms with E-state index in [2.05, 4.69) is 25.0 Å². The number of hydrogen-bond acceptors (Lipinski definition) is 9. The van der Waals surface area contributed by atoms with Crippen LogP contribution in [0.4, 0.5) is 5.95 Å². The Balaban J connectivity index is 1.82. The summed E-state index contributed by atoms with van der Waals surface area (Å²) in [6, 6.07) is 9.93. The van der Waals surface area contributed by atoms with Gasteiger partial charge in [0.05, 0.1) is 39.3 Å². The first-order valence-corrected chi connectivity index (χ1v) is 12.6. The van der Waals surface area contributed by atoms with Gasteiger partial charge in [-0.15, -0.1) is 10.2 Å². The van der Waals surface area contributed by atoms with Crippen molar-refractivity contribution in [1.82, 2.24) is 29.5 Å². The molecule has 0 amide bonds. The van der Waals surface area contributed by atoms with Crippen LogP contribution in [-0.4, -0.2) is 65.0 Å². The smallest absolute Gasteiger partial charge is 0.243 e. The van der Waals surface area contributed by atoms with Crippen LogP contribution in [0.2, 0.25) is 0 Å². The summed E-state index contributed by atoms with van der Waals surface area (Å²) in [6.45, 7) is 3.66. The van der Waals surface area contributed by atoms with Crippen molar-refractivity contribution in [3.05, 3.63) is 54.4 Å². The van der Waals surface area contributed by atoms with Crippen molar-refractivity contribution in [1.29, 1.82) is 0 Å². The molecule has 0 spiro atoms. The molecule has 0 saturated heterocycles. The molecule has 3 heterocycles. The van der Waals surface area contributed by atoms with Crippen molar-refractivity contribution in [3.63, 3.8) is 0 Å².